The van der Waals surface area contributed by atoms with Crippen LogP contribution in [0.5, 0.6) is 0 Å². The maximum Gasteiger partial charge on any atom is 0.407 e. The number of rotatable bonds is 8. The summed E-state index contributed by atoms with van der Waals surface area (Å²) in [7, 11) is -3.29. The van der Waals surface area contributed by atoms with Gasteiger partial charge in [0.15, 0.2) is 9.84 Å². The first-order valence-electron chi connectivity index (χ1n) is 13.0. The van der Waals surface area contributed by atoms with Crippen molar-refractivity contribution in [3.05, 3.63) is 64.7 Å². The molecule has 0 atom stereocenters. The van der Waals surface area contributed by atoms with E-state index in [1.165, 1.54) is 6.26 Å². The first-order valence-corrected chi connectivity index (χ1v) is 15.2. The number of nitrogens with zero attached hydrogens (tertiary/aromatic N) is 1. The molecule has 0 bridgehead atoms. The first kappa shape index (κ1) is 30.0. The summed E-state index contributed by atoms with van der Waals surface area (Å²) in [4.78, 5) is 27.3. The number of hydrogen-bond donors (Lipinski definition) is 1. The van der Waals surface area contributed by atoms with E-state index in [-0.39, 0.29) is 22.3 Å². The van der Waals surface area contributed by atoms with Crippen molar-refractivity contribution in [2.24, 2.45) is 0 Å². The quantitative estimate of drug-likeness (QED) is 0.456. The average Bonchev–Trinajstić information content (AvgIpc) is 2.82. The van der Waals surface area contributed by atoms with Gasteiger partial charge in [0.1, 0.15) is 5.60 Å². The minimum atomic E-state index is -3.29. The molecule has 0 aromatic heterocycles. The summed E-state index contributed by atoms with van der Waals surface area (Å²) in [6.45, 7) is 7.99. The van der Waals surface area contributed by atoms with Gasteiger partial charge in [-0.15, -0.1) is 0 Å². The largest absolute Gasteiger partial charge is 0.444 e. The van der Waals surface area contributed by atoms with Gasteiger partial charge in [-0.25, -0.2) is 13.2 Å². The molecule has 0 heterocycles. The van der Waals surface area contributed by atoms with Gasteiger partial charge in [0, 0.05) is 42.7 Å². The SMILES string of the molecule is CC(=O)N(CCc1cccc(S(C)(=O)=O)c1)[C@H]1CC[C@](CNC(=O)OC(C)(C)C)(c2cccc(Cl)c2)CC1. The Balaban J connectivity index is 1.73. The van der Waals surface area contributed by atoms with Crippen LogP contribution in [0.25, 0.3) is 0 Å². The monoisotopic (exact) mass is 562 g/mol. The van der Waals surface area contributed by atoms with Gasteiger partial charge in [0.05, 0.1) is 4.90 Å². The van der Waals surface area contributed by atoms with Gasteiger partial charge in [0.25, 0.3) is 0 Å². The van der Waals surface area contributed by atoms with Crippen LogP contribution in [0.15, 0.2) is 53.4 Å². The van der Waals surface area contributed by atoms with Crippen LogP contribution in [0.3, 0.4) is 0 Å². The van der Waals surface area contributed by atoms with E-state index in [1.807, 2.05) is 56.0 Å². The maximum atomic E-state index is 12.7. The van der Waals surface area contributed by atoms with Crippen LogP contribution in [-0.2, 0) is 31.2 Å². The fraction of sp³-hybridized carbons (Fsp3) is 0.517. The lowest BCUT2D eigenvalue weighted by atomic mass is 9.67. The number of amides is 2. The maximum absolute atomic E-state index is 12.7. The van der Waals surface area contributed by atoms with Crippen molar-refractivity contribution in [2.75, 3.05) is 19.3 Å². The second-order valence-electron chi connectivity index (χ2n) is 11.3. The molecule has 1 N–H and O–H groups in total. The second kappa shape index (κ2) is 12.1. The molecule has 1 aliphatic carbocycles. The third kappa shape index (κ3) is 8.21. The van der Waals surface area contributed by atoms with E-state index in [9.17, 15) is 18.0 Å². The number of sulfone groups is 1. The topological polar surface area (TPSA) is 92.8 Å². The summed E-state index contributed by atoms with van der Waals surface area (Å²) in [6.07, 6.45) is 4.38. The summed E-state index contributed by atoms with van der Waals surface area (Å²) in [5, 5.41) is 3.61. The molecule has 0 spiro atoms. The molecule has 1 aliphatic rings. The lowest BCUT2D eigenvalue weighted by Gasteiger charge is -2.44. The van der Waals surface area contributed by atoms with Crippen molar-refractivity contribution in [1.29, 1.82) is 0 Å². The average molecular weight is 563 g/mol. The van der Waals surface area contributed by atoms with Gasteiger partial charge >= 0.3 is 6.09 Å². The van der Waals surface area contributed by atoms with E-state index in [4.69, 9.17) is 16.3 Å². The number of nitrogens with one attached hydrogen (secondary N) is 1. The number of carbonyl (C=O) groups is 2. The molecule has 9 heteroatoms. The van der Waals surface area contributed by atoms with Crippen LogP contribution in [0.2, 0.25) is 5.02 Å². The predicted molar refractivity (Wildman–Crippen MR) is 150 cm³/mol. The molecule has 7 nitrogen and oxygen atoms in total. The van der Waals surface area contributed by atoms with Crippen LogP contribution in [0, 0.1) is 0 Å². The molecule has 2 aromatic carbocycles. The summed E-state index contributed by atoms with van der Waals surface area (Å²) < 4.78 is 29.3. The number of carbonyl (C=O) groups excluding carboxylic acids is 2. The van der Waals surface area contributed by atoms with Crippen LogP contribution in [-0.4, -0.2) is 56.3 Å². The first-order chi connectivity index (χ1) is 17.7. The Bertz CT molecular complexity index is 1250. The smallest absolute Gasteiger partial charge is 0.407 e. The highest BCUT2D eigenvalue weighted by molar-refractivity contribution is 7.90. The van der Waals surface area contributed by atoms with Crippen molar-refractivity contribution < 1.29 is 22.7 Å². The van der Waals surface area contributed by atoms with E-state index in [0.29, 0.717) is 24.5 Å². The summed E-state index contributed by atoms with van der Waals surface area (Å²) in [6, 6.07) is 14.7. The zero-order valence-electron chi connectivity index (χ0n) is 22.9. The van der Waals surface area contributed by atoms with Gasteiger partial charge in [-0.3, -0.25) is 4.79 Å². The molecular formula is C29H39ClN2O5S. The van der Waals surface area contributed by atoms with Crippen molar-refractivity contribution in [1.82, 2.24) is 10.2 Å². The molecular weight excluding hydrogens is 524 g/mol. The molecule has 0 radical (unpaired) electrons. The summed E-state index contributed by atoms with van der Waals surface area (Å²) in [5.74, 6) is -0.00333. The molecule has 3 rings (SSSR count). The third-order valence-corrected chi connectivity index (χ3v) is 8.48. The highest BCUT2D eigenvalue weighted by Crippen LogP contribution is 2.41. The normalized spacial score (nSPS) is 20.0. The number of benzene rings is 2. The highest BCUT2D eigenvalue weighted by Gasteiger charge is 2.39. The number of halogens is 1. The fourth-order valence-electron chi connectivity index (χ4n) is 5.19. The van der Waals surface area contributed by atoms with Crippen LogP contribution in [0.1, 0.15) is 64.5 Å². The highest BCUT2D eigenvalue weighted by atomic mass is 35.5. The molecule has 0 unspecified atom stereocenters. The number of ether oxygens (including phenoxy) is 1. The predicted octanol–water partition coefficient (Wildman–Crippen LogP) is 5.54. The molecule has 1 fully saturated rings. The van der Waals surface area contributed by atoms with Gasteiger partial charge in [-0.1, -0.05) is 35.9 Å². The third-order valence-electron chi connectivity index (χ3n) is 7.13. The Morgan fingerprint density at radius 3 is 2.34 bits per heavy atom. The van der Waals surface area contributed by atoms with Gasteiger partial charge in [-0.2, -0.15) is 0 Å². The Morgan fingerprint density at radius 1 is 1.11 bits per heavy atom. The fourth-order valence-corrected chi connectivity index (χ4v) is 6.07. The molecule has 0 saturated heterocycles. The molecule has 2 amide bonds. The van der Waals surface area contributed by atoms with E-state index < -0.39 is 21.5 Å². The zero-order valence-corrected chi connectivity index (χ0v) is 24.5. The molecule has 2 aromatic rings. The molecule has 1 saturated carbocycles. The Morgan fingerprint density at radius 2 is 1.76 bits per heavy atom. The van der Waals surface area contributed by atoms with Crippen molar-refractivity contribution in [3.63, 3.8) is 0 Å². The molecule has 0 aliphatic heterocycles. The van der Waals surface area contributed by atoms with E-state index in [0.717, 1.165) is 36.8 Å². The zero-order chi connectivity index (χ0) is 28.1. The van der Waals surface area contributed by atoms with Crippen molar-refractivity contribution in [2.45, 2.75) is 81.8 Å². The Hall–Kier alpha value is -2.58. The van der Waals surface area contributed by atoms with Gasteiger partial charge in [0.2, 0.25) is 5.91 Å². The van der Waals surface area contributed by atoms with Crippen molar-refractivity contribution >= 4 is 33.4 Å². The Kier molecular flexibility index (Phi) is 9.52. The lowest BCUT2D eigenvalue weighted by Crippen LogP contribution is -2.49. The van der Waals surface area contributed by atoms with E-state index in [1.54, 1.807) is 25.1 Å². The Labute approximate surface area is 231 Å². The van der Waals surface area contributed by atoms with Crippen molar-refractivity contribution in [3.8, 4) is 0 Å². The van der Waals surface area contributed by atoms with E-state index >= 15 is 0 Å². The molecule has 208 valence electrons. The standard InChI is InChI=1S/C29H39ClN2O5S/c1-21(33)32(17-14-22-8-6-11-26(18-22)38(5,35)36)25-12-15-29(16-13-25,23-9-7-10-24(30)19-23)20-31-27(34)37-28(2,3)4/h6-11,18-19,25H,12-17,20H2,1-5H3,(H,31,34)/t25-,29-. The summed E-state index contributed by atoms with van der Waals surface area (Å²) in [5.41, 5.74) is 1.02. The molecule has 38 heavy (non-hydrogen) atoms. The summed E-state index contributed by atoms with van der Waals surface area (Å²) >= 11 is 6.33. The van der Waals surface area contributed by atoms with Crippen LogP contribution in [0.4, 0.5) is 4.79 Å². The lowest BCUT2D eigenvalue weighted by molar-refractivity contribution is -0.132. The minimum Gasteiger partial charge on any atom is -0.444 e. The van der Waals surface area contributed by atoms with Gasteiger partial charge < -0.3 is 15.0 Å². The minimum absolute atomic E-state index is 0.00333. The van der Waals surface area contributed by atoms with Gasteiger partial charge in [-0.05, 0) is 88.3 Å². The van der Waals surface area contributed by atoms with Crippen LogP contribution < -0.4 is 5.32 Å². The van der Waals surface area contributed by atoms with Crippen LogP contribution >= 0.6 is 11.6 Å². The van der Waals surface area contributed by atoms with E-state index in [2.05, 4.69) is 5.32 Å². The number of hydrogen-bond acceptors (Lipinski definition) is 5. The number of alkyl carbamates (subject to hydrolysis) is 1. The second-order valence-corrected chi connectivity index (χ2v) is 13.7.